The van der Waals surface area contributed by atoms with Crippen molar-refractivity contribution in [1.82, 2.24) is 0 Å². The molecule has 0 saturated heterocycles. The van der Waals surface area contributed by atoms with Gasteiger partial charge in [-0.05, 0) is 38.0 Å². The highest BCUT2D eigenvalue weighted by Gasteiger charge is 2.35. The lowest BCUT2D eigenvalue weighted by molar-refractivity contribution is -0.137. The minimum atomic E-state index is -4.36. The van der Waals surface area contributed by atoms with Crippen molar-refractivity contribution in [2.75, 3.05) is 11.4 Å². The van der Waals surface area contributed by atoms with E-state index < -0.39 is 11.7 Å². The van der Waals surface area contributed by atoms with Gasteiger partial charge >= 0.3 is 6.18 Å². The van der Waals surface area contributed by atoms with Crippen molar-refractivity contribution in [2.45, 2.75) is 45.3 Å². The fourth-order valence-electron chi connectivity index (χ4n) is 2.04. The summed E-state index contributed by atoms with van der Waals surface area (Å²) in [7, 11) is 0. The quantitative estimate of drug-likeness (QED) is 0.685. The van der Waals surface area contributed by atoms with E-state index in [-0.39, 0.29) is 17.6 Å². The van der Waals surface area contributed by atoms with Gasteiger partial charge in [0.2, 0.25) is 0 Å². The van der Waals surface area contributed by atoms with Crippen molar-refractivity contribution >= 4 is 17.3 Å². The van der Waals surface area contributed by atoms with Crippen LogP contribution in [0.15, 0.2) is 18.2 Å². The van der Waals surface area contributed by atoms with E-state index >= 15 is 0 Å². The predicted octanol–water partition coefficient (Wildman–Crippen LogP) is 5.07. The maximum atomic E-state index is 13.2. The summed E-state index contributed by atoms with van der Waals surface area (Å²) in [5, 5.41) is 0. The van der Waals surface area contributed by atoms with E-state index in [1.54, 1.807) is 11.0 Å². The molecular formula is C14H19ClF3N. The Balaban J connectivity index is 3.32. The average Bonchev–Trinajstić information content (AvgIpc) is 2.34. The van der Waals surface area contributed by atoms with Crippen LogP contribution in [0.2, 0.25) is 0 Å². The number of hydrogen-bond acceptors (Lipinski definition) is 1. The summed E-state index contributed by atoms with van der Waals surface area (Å²) in [6.07, 6.45) is -3.56. The van der Waals surface area contributed by atoms with Gasteiger partial charge in [0, 0.05) is 24.2 Å². The Morgan fingerprint density at radius 3 is 2.32 bits per heavy atom. The van der Waals surface area contributed by atoms with Crippen molar-refractivity contribution < 1.29 is 13.2 Å². The van der Waals surface area contributed by atoms with Crippen LogP contribution < -0.4 is 4.90 Å². The van der Waals surface area contributed by atoms with Crippen LogP contribution in [0.4, 0.5) is 18.9 Å². The van der Waals surface area contributed by atoms with E-state index in [0.29, 0.717) is 12.1 Å². The smallest absolute Gasteiger partial charge is 0.369 e. The number of halogens is 4. The van der Waals surface area contributed by atoms with Crippen molar-refractivity contribution in [3.05, 3.63) is 29.3 Å². The predicted molar refractivity (Wildman–Crippen MR) is 73.8 cm³/mol. The summed E-state index contributed by atoms with van der Waals surface area (Å²) in [4.78, 5) is 1.78. The molecule has 1 nitrogen and oxygen atoms in total. The zero-order chi connectivity index (χ0) is 14.6. The number of hydrogen-bond donors (Lipinski definition) is 0. The number of anilines is 1. The molecule has 0 atom stereocenters. The molecule has 108 valence electrons. The standard InChI is InChI=1S/C14H19ClF3N/c1-4-7-19(10(2)3)13-6-5-11(9-15)8-12(13)14(16,17)18/h5-6,8,10H,4,7,9H2,1-3H3. The average molecular weight is 294 g/mol. The van der Waals surface area contributed by atoms with Crippen LogP contribution in [0.5, 0.6) is 0 Å². The monoisotopic (exact) mass is 293 g/mol. The van der Waals surface area contributed by atoms with Crippen LogP contribution in [0.25, 0.3) is 0 Å². The number of benzene rings is 1. The van der Waals surface area contributed by atoms with Gasteiger partial charge in [-0.15, -0.1) is 11.6 Å². The van der Waals surface area contributed by atoms with Crippen LogP contribution in [-0.2, 0) is 12.1 Å². The molecule has 1 aromatic carbocycles. The van der Waals surface area contributed by atoms with Crippen molar-refractivity contribution in [3.8, 4) is 0 Å². The summed E-state index contributed by atoms with van der Waals surface area (Å²) in [6, 6.07) is 4.34. The number of rotatable bonds is 5. The Morgan fingerprint density at radius 2 is 1.89 bits per heavy atom. The van der Waals surface area contributed by atoms with E-state index in [2.05, 4.69) is 0 Å². The molecule has 1 rings (SSSR count). The summed E-state index contributed by atoms with van der Waals surface area (Å²) in [5.41, 5.74) is 0.115. The second-order valence-electron chi connectivity index (χ2n) is 4.77. The molecule has 0 aliphatic carbocycles. The van der Waals surface area contributed by atoms with Gasteiger partial charge in [0.1, 0.15) is 0 Å². The van der Waals surface area contributed by atoms with E-state index in [1.807, 2.05) is 20.8 Å². The molecule has 0 unspecified atom stereocenters. The van der Waals surface area contributed by atoms with Crippen LogP contribution in [0.3, 0.4) is 0 Å². The highest BCUT2D eigenvalue weighted by molar-refractivity contribution is 6.17. The van der Waals surface area contributed by atoms with Crippen LogP contribution in [0.1, 0.15) is 38.3 Å². The van der Waals surface area contributed by atoms with Crippen LogP contribution in [-0.4, -0.2) is 12.6 Å². The molecule has 19 heavy (non-hydrogen) atoms. The first-order valence-corrected chi connectivity index (χ1v) is 6.87. The SMILES string of the molecule is CCCN(c1ccc(CCl)cc1C(F)(F)F)C(C)C. The Bertz CT molecular complexity index is 416. The maximum Gasteiger partial charge on any atom is 0.418 e. The number of alkyl halides is 4. The van der Waals surface area contributed by atoms with Crippen molar-refractivity contribution in [1.29, 1.82) is 0 Å². The molecule has 0 aromatic heterocycles. The largest absolute Gasteiger partial charge is 0.418 e. The van der Waals surface area contributed by atoms with Gasteiger partial charge in [0.15, 0.2) is 0 Å². The second-order valence-corrected chi connectivity index (χ2v) is 5.04. The highest BCUT2D eigenvalue weighted by Crippen LogP contribution is 2.38. The molecule has 0 amide bonds. The molecule has 0 N–H and O–H groups in total. The first-order valence-electron chi connectivity index (χ1n) is 6.34. The van der Waals surface area contributed by atoms with Gasteiger partial charge in [0.25, 0.3) is 0 Å². The third-order valence-corrected chi connectivity index (χ3v) is 3.23. The van der Waals surface area contributed by atoms with Crippen LogP contribution in [0, 0.1) is 0 Å². The Morgan fingerprint density at radius 1 is 1.26 bits per heavy atom. The summed E-state index contributed by atoms with van der Waals surface area (Å²) in [6.45, 7) is 6.34. The molecule has 0 saturated carbocycles. The molecule has 5 heteroatoms. The summed E-state index contributed by atoms with van der Waals surface area (Å²) in [5.74, 6) is 0.0822. The first-order chi connectivity index (χ1) is 8.81. The lowest BCUT2D eigenvalue weighted by Gasteiger charge is -2.31. The molecular weight excluding hydrogens is 275 g/mol. The fraction of sp³-hybridized carbons (Fsp3) is 0.571. The van der Waals surface area contributed by atoms with Crippen LogP contribution >= 0.6 is 11.6 Å². The fourth-order valence-corrected chi connectivity index (χ4v) is 2.21. The highest BCUT2D eigenvalue weighted by atomic mass is 35.5. The summed E-state index contributed by atoms with van der Waals surface area (Å²) >= 11 is 5.62. The molecule has 0 aliphatic rings. The molecule has 0 radical (unpaired) electrons. The topological polar surface area (TPSA) is 3.24 Å². The third kappa shape index (κ3) is 4.03. The van der Waals surface area contributed by atoms with Gasteiger partial charge in [-0.3, -0.25) is 0 Å². The Hall–Kier alpha value is -0.900. The summed E-state index contributed by atoms with van der Waals surface area (Å²) < 4.78 is 39.5. The Kier molecular flexibility index (Phi) is 5.53. The molecule has 0 heterocycles. The lowest BCUT2D eigenvalue weighted by Crippen LogP contribution is -2.33. The van der Waals surface area contributed by atoms with Gasteiger partial charge < -0.3 is 4.90 Å². The normalized spacial score (nSPS) is 12.0. The van der Waals surface area contributed by atoms with Gasteiger partial charge in [-0.2, -0.15) is 13.2 Å². The van der Waals surface area contributed by atoms with Gasteiger partial charge in [-0.25, -0.2) is 0 Å². The molecule has 0 spiro atoms. The minimum Gasteiger partial charge on any atom is -0.369 e. The lowest BCUT2D eigenvalue weighted by atomic mass is 10.1. The zero-order valence-electron chi connectivity index (χ0n) is 11.4. The second kappa shape index (κ2) is 6.51. The molecule has 0 aliphatic heterocycles. The van der Waals surface area contributed by atoms with Gasteiger partial charge in [-0.1, -0.05) is 13.0 Å². The number of nitrogens with zero attached hydrogens (tertiary/aromatic N) is 1. The van der Waals surface area contributed by atoms with E-state index in [9.17, 15) is 13.2 Å². The maximum absolute atomic E-state index is 13.2. The molecule has 0 bridgehead atoms. The third-order valence-electron chi connectivity index (χ3n) is 2.92. The van der Waals surface area contributed by atoms with Gasteiger partial charge in [0.05, 0.1) is 5.56 Å². The first kappa shape index (κ1) is 16.2. The molecule has 1 aromatic rings. The zero-order valence-corrected chi connectivity index (χ0v) is 12.1. The van der Waals surface area contributed by atoms with Crippen molar-refractivity contribution in [3.63, 3.8) is 0 Å². The van der Waals surface area contributed by atoms with E-state index in [4.69, 9.17) is 11.6 Å². The van der Waals surface area contributed by atoms with E-state index in [0.717, 1.165) is 12.5 Å². The minimum absolute atomic E-state index is 0.0166. The Labute approximate surface area is 117 Å². The van der Waals surface area contributed by atoms with Crippen molar-refractivity contribution in [2.24, 2.45) is 0 Å². The van der Waals surface area contributed by atoms with E-state index in [1.165, 1.54) is 6.07 Å². The molecule has 0 fully saturated rings.